The van der Waals surface area contributed by atoms with Gasteiger partial charge >= 0.3 is 5.97 Å². The number of anilines is 1. The van der Waals surface area contributed by atoms with Gasteiger partial charge in [0.1, 0.15) is 11.0 Å². The van der Waals surface area contributed by atoms with Crippen molar-refractivity contribution in [3.8, 4) is 0 Å². The number of amides is 2. The molecule has 2 rings (SSSR count). The smallest absolute Gasteiger partial charge is 0.308 e. The summed E-state index contributed by atoms with van der Waals surface area (Å²) in [4.78, 5) is 36.9. The molecule has 1 fully saturated rings. The molecule has 0 aliphatic carbocycles. The number of thioether (sulfide) groups is 1. The maximum atomic E-state index is 12.2. The molecule has 1 N–H and O–H groups in total. The van der Waals surface area contributed by atoms with Crippen molar-refractivity contribution in [1.29, 1.82) is 0 Å². The second-order valence-corrected chi connectivity index (χ2v) is 7.96. The lowest BCUT2D eigenvalue weighted by molar-refractivity contribution is -0.155. The third-order valence-electron chi connectivity index (χ3n) is 3.46. The van der Waals surface area contributed by atoms with Crippen LogP contribution in [0, 0.1) is 0 Å². The average Bonchev–Trinajstić information content (AvgIpc) is 2.84. The van der Waals surface area contributed by atoms with Crippen LogP contribution in [0.4, 0.5) is 5.69 Å². The van der Waals surface area contributed by atoms with Crippen molar-refractivity contribution in [2.75, 3.05) is 17.6 Å². The Balaban J connectivity index is 2.01. The van der Waals surface area contributed by atoms with E-state index in [0.29, 0.717) is 18.0 Å². The van der Waals surface area contributed by atoms with E-state index in [9.17, 15) is 14.4 Å². The molecule has 1 atom stereocenters. The summed E-state index contributed by atoms with van der Waals surface area (Å²) in [5.74, 6) is -0.0227. The number of carbonyl (C=O) groups is 3. The van der Waals surface area contributed by atoms with E-state index in [2.05, 4.69) is 5.32 Å². The van der Waals surface area contributed by atoms with Gasteiger partial charge < -0.3 is 15.0 Å². The van der Waals surface area contributed by atoms with E-state index in [1.54, 1.807) is 4.90 Å². The van der Waals surface area contributed by atoms with Crippen molar-refractivity contribution >= 4 is 35.2 Å². The fourth-order valence-corrected chi connectivity index (χ4v) is 3.73. The number of esters is 1. The Kier molecular flexibility index (Phi) is 6.11. The van der Waals surface area contributed by atoms with Gasteiger partial charge in [-0.1, -0.05) is 12.1 Å². The summed E-state index contributed by atoms with van der Waals surface area (Å²) in [5.41, 5.74) is 1.15. The van der Waals surface area contributed by atoms with Gasteiger partial charge in [0.15, 0.2) is 0 Å². The van der Waals surface area contributed by atoms with E-state index in [0.717, 1.165) is 5.56 Å². The third kappa shape index (κ3) is 5.77. The molecule has 1 aliphatic rings. The summed E-state index contributed by atoms with van der Waals surface area (Å²) in [6, 6.07) is 7.41. The number of ether oxygens (including phenoxy) is 1. The number of hydrogen-bond donors (Lipinski definition) is 1. The lowest BCUT2D eigenvalue weighted by atomic mass is 10.1. The fraction of sp³-hybridized carbons (Fsp3) is 0.500. The molecular formula is C18H24N2O4S. The second-order valence-electron chi connectivity index (χ2n) is 6.89. The Bertz CT molecular complexity index is 652. The zero-order chi connectivity index (χ0) is 18.6. The van der Waals surface area contributed by atoms with Gasteiger partial charge in [-0.05, 0) is 38.5 Å². The molecule has 0 aromatic heterocycles. The minimum atomic E-state index is -0.528. The number of nitrogens with zero attached hydrogens (tertiary/aromatic N) is 1. The van der Waals surface area contributed by atoms with Crippen LogP contribution in [0.2, 0.25) is 0 Å². The summed E-state index contributed by atoms with van der Waals surface area (Å²) in [6.07, 6.45) is 0.171. The summed E-state index contributed by atoms with van der Waals surface area (Å²) in [5, 5.41) is 2.59. The van der Waals surface area contributed by atoms with E-state index in [1.807, 2.05) is 45.0 Å². The molecule has 7 heteroatoms. The predicted molar refractivity (Wildman–Crippen MR) is 98.1 cm³/mol. The molecule has 0 bridgehead atoms. The summed E-state index contributed by atoms with van der Waals surface area (Å²) >= 11 is 1.53. The van der Waals surface area contributed by atoms with Gasteiger partial charge in [0.05, 0.1) is 12.2 Å². The van der Waals surface area contributed by atoms with Crippen LogP contribution in [-0.2, 0) is 19.1 Å². The maximum absolute atomic E-state index is 12.2. The van der Waals surface area contributed by atoms with E-state index >= 15 is 0 Å². The first-order valence-corrected chi connectivity index (χ1v) is 9.21. The Hall–Kier alpha value is -2.02. The highest BCUT2D eigenvalue weighted by Gasteiger charge is 2.33. The van der Waals surface area contributed by atoms with Crippen LogP contribution in [0.1, 0.15) is 45.1 Å². The Morgan fingerprint density at radius 3 is 2.48 bits per heavy atom. The minimum absolute atomic E-state index is 0.0181. The molecule has 1 heterocycles. The van der Waals surface area contributed by atoms with E-state index in [1.165, 1.54) is 18.7 Å². The fourth-order valence-electron chi connectivity index (χ4n) is 2.51. The highest BCUT2D eigenvalue weighted by Crippen LogP contribution is 2.38. The molecule has 25 heavy (non-hydrogen) atoms. The number of rotatable bonds is 5. The second kappa shape index (κ2) is 7.91. The largest absolute Gasteiger partial charge is 0.460 e. The Morgan fingerprint density at radius 2 is 1.92 bits per heavy atom. The van der Waals surface area contributed by atoms with Crippen molar-refractivity contribution < 1.29 is 19.1 Å². The highest BCUT2D eigenvalue weighted by molar-refractivity contribution is 8.00. The van der Waals surface area contributed by atoms with Gasteiger partial charge in [0.2, 0.25) is 11.8 Å². The molecule has 2 amide bonds. The molecule has 6 nitrogen and oxygen atoms in total. The van der Waals surface area contributed by atoms with Gasteiger partial charge in [-0.3, -0.25) is 14.4 Å². The molecule has 1 saturated heterocycles. The zero-order valence-corrected chi connectivity index (χ0v) is 15.8. The molecule has 1 unspecified atom stereocenters. The quantitative estimate of drug-likeness (QED) is 0.813. The van der Waals surface area contributed by atoms with Crippen LogP contribution in [0.15, 0.2) is 24.3 Å². The lowest BCUT2D eigenvalue weighted by Crippen LogP contribution is -2.32. The number of carbonyl (C=O) groups excluding carboxylic acids is 3. The van der Waals surface area contributed by atoms with Gasteiger partial charge in [0.25, 0.3) is 0 Å². The van der Waals surface area contributed by atoms with Crippen LogP contribution in [-0.4, -0.2) is 40.6 Å². The molecule has 136 valence electrons. The Morgan fingerprint density at radius 1 is 1.28 bits per heavy atom. The maximum Gasteiger partial charge on any atom is 0.308 e. The van der Waals surface area contributed by atoms with Crippen molar-refractivity contribution in [2.24, 2.45) is 0 Å². The van der Waals surface area contributed by atoms with E-state index in [4.69, 9.17) is 4.74 Å². The number of hydrogen-bond acceptors (Lipinski definition) is 5. The van der Waals surface area contributed by atoms with Crippen molar-refractivity contribution in [3.63, 3.8) is 0 Å². The molecule has 1 aromatic carbocycles. The van der Waals surface area contributed by atoms with E-state index in [-0.39, 0.29) is 29.6 Å². The topological polar surface area (TPSA) is 75.7 Å². The predicted octanol–water partition coefficient (Wildman–Crippen LogP) is 2.95. The average molecular weight is 364 g/mol. The summed E-state index contributed by atoms with van der Waals surface area (Å²) in [7, 11) is 0. The molecular weight excluding hydrogens is 340 g/mol. The first-order chi connectivity index (χ1) is 11.7. The van der Waals surface area contributed by atoms with Crippen LogP contribution in [0.25, 0.3) is 0 Å². The number of nitrogens with one attached hydrogen (secondary N) is 1. The SMILES string of the molecule is CC(=O)Nc1ccc(C2SCC(=O)N2CCC(=O)OC(C)(C)C)cc1. The molecule has 1 aliphatic heterocycles. The van der Waals surface area contributed by atoms with Gasteiger partial charge in [-0.2, -0.15) is 0 Å². The molecule has 0 spiro atoms. The highest BCUT2D eigenvalue weighted by atomic mass is 32.2. The minimum Gasteiger partial charge on any atom is -0.460 e. The van der Waals surface area contributed by atoms with Gasteiger partial charge in [-0.15, -0.1) is 11.8 Å². The molecule has 1 aromatic rings. The summed E-state index contributed by atoms with van der Waals surface area (Å²) < 4.78 is 5.30. The monoisotopic (exact) mass is 364 g/mol. The molecule has 0 saturated carbocycles. The van der Waals surface area contributed by atoms with Gasteiger partial charge in [-0.25, -0.2) is 0 Å². The first kappa shape index (κ1) is 19.3. The number of benzene rings is 1. The first-order valence-electron chi connectivity index (χ1n) is 8.16. The van der Waals surface area contributed by atoms with Crippen LogP contribution in [0.3, 0.4) is 0 Å². The summed E-state index contributed by atoms with van der Waals surface area (Å²) in [6.45, 7) is 7.25. The standard InChI is InChI=1S/C18H24N2O4S/c1-12(21)19-14-7-5-13(6-8-14)17-20(15(22)11-25-17)10-9-16(23)24-18(2,3)4/h5-8,17H,9-11H2,1-4H3,(H,19,21). The third-order valence-corrected chi connectivity index (χ3v) is 4.72. The normalized spacial score (nSPS) is 17.5. The van der Waals surface area contributed by atoms with Crippen molar-refractivity contribution in [1.82, 2.24) is 4.90 Å². The Labute approximate surface area is 152 Å². The van der Waals surface area contributed by atoms with Crippen molar-refractivity contribution in [2.45, 2.75) is 45.1 Å². The van der Waals surface area contributed by atoms with Crippen molar-refractivity contribution in [3.05, 3.63) is 29.8 Å². The van der Waals surface area contributed by atoms with E-state index < -0.39 is 5.60 Å². The van der Waals surface area contributed by atoms with Crippen LogP contribution >= 0.6 is 11.8 Å². The van der Waals surface area contributed by atoms with Gasteiger partial charge in [0, 0.05) is 19.2 Å². The zero-order valence-electron chi connectivity index (χ0n) is 15.0. The van der Waals surface area contributed by atoms with Crippen LogP contribution < -0.4 is 5.32 Å². The molecule has 0 radical (unpaired) electrons. The van der Waals surface area contributed by atoms with Crippen LogP contribution in [0.5, 0.6) is 0 Å². The lowest BCUT2D eigenvalue weighted by Gasteiger charge is -2.25.